The van der Waals surface area contributed by atoms with Crippen LogP contribution in [-0.4, -0.2) is 7.05 Å². The highest BCUT2D eigenvalue weighted by Crippen LogP contribution is 2.36. The molecule has 1 unspecified atom stereocenters. The van der Waals surface area contributed by atoms with Gasteiger partial charge in [0.15, 0.2) is 0 Å². The first-order chi connectivity index (χ1) is 6.19. The van der Waals surface area contributed by atoms with E-state index in [1.165, 1.54) is 11.3 Å². The summed E-state index contributed by atoms with van der Waals surface area (Å²) in [4.78, 5) is 0. The maximum Gasteiger partial charge on any atom is 0.0991 e. The highest BCUT2D eigenvalue weighted by atomic mass is 35.5. The lowest BCUT2D eigenvalue weighted by molar-refractivity contribution is 0.543. The summed E-state index contributed by atoms with van der Waals surface area (Å²) in [5.41, 5.74) is 1.13. The van der Waals surface area contributed by atoms with E-state index in [-0.39, 0.29) is 0 Å². The zero-order valence-electron chi connectivity index (χ0n) is 7.73. The molecular formula is C9H13Cl2NS. The van der Waals surface area contributed by atoms with Crippen LogP contribution in [0.1, 0.15) is 31.4 Å². The van der Waals surface area contributed by atoms with Gasteiger partial charge in [0.2, 0.25) is 0 Å². The van der Waals surface area contributed by atoms with Crippen molar-refractivity contribution in [3.63, 3.8) is 0 Å². The first kappa shape index (κ1) is 11.3. The fourth-order valence-corrected chi connectivity index (χ4v) is 2.91. The summed E-state index contributed by atoms with van der Waals surface area (Å²) in [7, 11) is 1.95. The Hall–Kier alpha value is 0.240. The van der Waals surface area contributed by atoms with E-state index in [1.54, 1.807) is 0 Å². The van der Waals surface area contributed by atoms with Crippen LogP contribution in [0.3, 0.4) is 0 Å². The Kier molecular flexibility index (Phi) is 4.53. The first-order valence-electron chi connectivity index (χ1n) is 4.31. The minimum atomic E-state index is 0.334. The van der Waals surface area contributed by atoms with Gasteiger partial charge >= 0.3 is 0 Å². The van der Waals surface area contributed by atoms with Gasteiger partial charge in [0, 0.05) is 11.6 Å². The standard InChI is InChI=1S/C9H13Cl2NS/c1-3-4-7(12-2)6-5-8(10)13-9(6)11/h5,7,12H,3-4H2,1-2H3. The van der Waals surface area contributed by atoms with E-state index in [1.807, 2.05) is 13.1 Å². The maximum absolute atomic E-state index is 6.05. The van der Waals surface area contributed by atoms with E-state index < -0.39 is 0 Å². The Labute approximate surface area is 93.1 Å². The number of rotatable bonds is 4. The minimum Gasteiger partial charge on any atom is -0.313 e. The van der Waals surface area contributed by atoms with Crippen LogP contribution in [0.2, 0.25) is 8.67 Å². The SMILES string of the molecule is CCCC(NC)c1cc(Cl)sc1Cl. The fraction of sp³-hybridized carbons (Fsp3) is 0.556. The normalized spacial score (nSPS) is 13.2. The second kappa shape index (κ2) is 5.20. The average molecular weight is 238 g/mol. The second-order valence-electron chi connectivity index (χ2n) is 2.91. The van der Waals surface area contributed by atoms with Gasteiger partial charge in [-0.2, -0.15) is 0 Å². The maximum atomic E-state index is 6.05. The first-order valence-corrected chi connectivity index (χ1v) is 5.88. The highest BCUT2D eigenvalue weighted by molar-refractivity contribution is 7.20. The molecule has 1 N–H and O–H groups in total. The number of hydrogen-bond acceptors (Lipinski definition) is 2. The highest BCUT2D eigenvalue weighted by Gasteiger charge is 2.14. The number of halogens is 2. The van der Waals surface area contributed by atoms with E-state index in [0.717, 1.165) is 27.1 Å². The van der Waals surface area contributed by atoms with Crippen LogP contribution in [0.4, 0.5) is 0 Å². The van der Waals surface area contributed by atoms with Gasteiger partial charge < -0.3 is 5.32 Å². The summed E-state index contributed by atoms with van der Waals surface area (Å²) < 4.78 is 1.56. The second-order valence-corrected chi connectivity index (χ2v) is 5.20. The summed E-state index contributed by atoms with van der Waals surface area (Å²) >= 11 is 13.4. The van der Waals surface area contributed by atoms with E-state index in [2.05, 4.69) is 12.2 Å². The summed E-state index contributed by atoms with van der Waals surface area (Å²) in [6.45, 7) is 2.16. The molecule has 0 aliphatic heterocycles. The Bertz CT molecular complexity index is 273. The Morgan fingerprint density at radius 1 is 1.54 bits per heavy atom. The van der Waals surface area contributed by atoms with Crippen LogP contribution >= 0.6 is 34.5 Å². The van der Waals surface area contributed by atoms with Crippen LogP contribution in [0, 0.1) is 0 Å². The van der Waals surface area contributed by atoms with Crippen LogP contribution in [0.5, 0.6) is 0 Å². The zero-order valence-corrected chi connectivity index (χ0v) is 10.1. The van der Waals surface area contributed by atoms with Crippen molar-refractivity contribution >= 4 is 34.5 Å². The number of nitrogens with one attached hydrogen (secondary N) is 1. The van der Waals surface area contributed by atoms with E-state index in [0.29, 0.717) is 6.04 Å². The molecule has 0 spiro atoms. The lowest BCUT2D eigenvalue weighted by atomic mass is 10.1. The molecule has 1 aromatic heterocycles. The van der Waals surface area contributed by atoms with Gasteiger partial charge in [0.1, 0.15) is 0 Å². The molecule has 0 aliphatic rings. The van der Waals surface area contributed by atoms with Crippen molar-refractivity contribution in [2.24, 2.45) is 0 Å². The van der Waals surface area contributed by atoms with Gasteiger partial charge in [-0.1, -0.05) is 36.5 Å². The third-order valence-electron chi connectivity index (χ3n) is 1.98. The molecule has 0 aromatic carbocycles. The molecule has 0 saturated heterocycles. The van der Waals surface area contributed by atoms with Crippen molar-refractivity contribution in [2.75, 3.05) is 7.05 Å². The molecule has 13 heavy (non-hydrogen) atoms. The summed E-state index contributed by atoms with van der Waals surface area (Å²) in [5.74, 6) is 0. The lowest BCUT2D eigenvalue weighted by Crippen LogP contribution is -2.15. The quantitative estimate of drug-likeness (QED) is 0.832. The Morgan fingerprint density at radius 3 is 2.62 bits per heavy atom. The average Bonchev–Trinajstić information content (AvgIpc) is 2.41. The van der Waals surface area contributed by atoms with Gasteiger partial charge in [-0.05, 0) is 19.5 Å². The molecular weight excluding hydrogens is 225 g/mol. The molecule has 1 aromatic rings. The largest absolute Gasteiger partial charge is 0.313 e. The molecule has 1 nitrogen and oxygen atoms in total. The third kappa shape index (κ3) is 2.84. The van der Waals surface area contributed by atoms with E-state index >= 15 is 0 Å². The minimum absolute atomic E-state index is 0.334. The molecule has 1 rings (SSSR count). The van der Waals surface area contributed by atoms with Crippen LogP contribution < -0.4 is 5.32 Å². The molecule has 0 aliphatic carbocycles. The molecule has 0 bridgehead atoms. The smallest absolute Gasteiger partial charge is 0.0991 e. The number of hydrogen-bond donors (Lipinski definition) is 1. The van der Waals surface area contributed by atoms with E-state index in [9.17, 15) is 0 Å². The molecule has 0 fully saturated rings. The topological polar surface area (TPSA) is 12.0 Å². The molecule has 74 valence electrons. The van der Waals surface area contributed by atoms with Crippen LogP contribution in [-0.2, 0) is 0 Å². The number of thiophene rings is 1. The monoisotopic (exact) mass is 237 g/mol. The van der Waals surface area contributed by atoms with Gasteiger partial charge in [0.25, 0.3) is 0 Å². The predicted octanol–water partition coefficient (Wildman–Crippen LogP) is 4.12. The van der Waals surface area contributed by atoms with Gasteiger partial charge in [-0.15, -0.1) is 11.3 Å². The van der Waals surface area contributed by atoms with Gasteiger partial charge in [-0.3, -0.25) is 0 Å². The van der Waals surface area contributed by atoms with Crippen molar-refractivity contribution in [3.05, 3.63) is 20.3 Å². The third-order valence-corrected chi connectivity index (χ3v) is 3.50. The molecule has 1 heterocycles. The predicted molar refractivity (Wildman–Crippen MR) is 61.0 cm³/mol. The van der Waals surface area contributed by atoms with Crippen molar-refractivity contribution in [3.8, 4) is 0 Å². The van der Waals surface area contributed by atoms with Gasteiger partial charge in [0.05, 0.1) is 8.67 Å². The molecule has 0 saturated carbocycles. The summed E-state index contributed by atoms with van der Waals surface area (Å²) in [6, 6.07) is 2.28. The van der Waals surface area contributed by atoms with Crippen molar-refractivity contribution in [1.82, 2.24) is 5.32 Å². The Morgan fingerprint density at radius 2 is 2.23 bits per heavy atom. The molecule has 0 radical (unpaired) electrons. The molecule has 4 heteroatoms. The molecule has 1 atom stereocenters. The van der Waals surface area contributed by atoms with Crippen molar-refractivity contribution in [2.45, 2.75) is 25.8 Å². The Balaban J connectivity index is 2.83. The zero-order chi connectivity index (χ0) is 9.84. The summed E-state index contributed by atoms with van der Waals surface area (Å²) in [6.07, 6.45) is 2.22. The van der Waals surface area contributed by atoms with Crippen LogP contribution in [0.25, 0.3) is 0 Å². The van der Waals surface area contributed by atoms with Crippen molar-refractivity contribution in [1.29, 1.82) is 0 Å². The van der Waals surface area contributed by atoms with Crippen molar-refractivity contribution < 1.29 is 0 Å². The lowest BCUT2D eigenvalue weighted by Gasteiger charge is -2.13. The fourth-order valence-electron chi connectivity index (χ4n) is 1.33. The van der Waals surface area contributed by atoms with Gasteiger partial charge in [-0.25, -0.2) is 0 Å². The van der Waals surface area contributed by atoms with Crippen LogP contribution in [0.15, 0.2) is 6.07 Å². The molecule has 0 amide bonds. The summed E-state index contributed by atoms with van der Waals surface area (Å²) in [5, 5.41) is 3.24. The van der Waals surface area contributed by atoms with E-state index in [4.69, 9.17) is 23.2 Å².